The van der Waals surface area contributed by atoms with Gasteiger partial charge in [0.2, 0.25) is 0 Å². The van der Waals surface area contributed by atoms with Gasteiger partial charge in [-0.05, 0) is 23.3 Å². The number of nitrogens with one attached hydrogen (secondary N) is 1. The summed E-state index contributed by atoms with van der Waals surface area (Å²) in [5.41, 5.74) is 1.27. The second-order valence-electron chi connectivity index (χ2n) is 5.36. The highest BCUT2D eigenvalue weighted by molar-refractivity contribution is 6.49. The molecule has 110 valence electrons. The zero-order valence-electron chi connectivity index (χ0n) is 12.8. The molecular weight excluding hydrogens is 269 g/mol. The van der Waals surface area contributed by atoms with Gasteiger partial charge in [0.15, 0.2) is 0 Å². The zero-order chi connectivity index (χ0) is 15.2. The highest BCUT2D eigenvalue weighted by Crippen LogP contribution is 2.25. The lowest BCUT2D eigenvalue weighted by Crippen LogP contribution is -2.38. The van der Waals surface area contributed by atoms with Crippen molar-refractivity contribution < 1.29 is 4.65 Å². The third-order valence-electron chi connectivity index (χ3n) is 3.77. The normalized spacial score (nSPS) is 10.6. The van der Waals surface area contributed by atoms with E-state index >= 15 is 0 Å². The van der Waals surface area contributed by atoms with Crippen molar-refractivity contribution in [1.29, 1.82) is 0 Å². The Morgan fingerprint density at radius 3 is 2.41 bits per heavy atom. The smallest absolute Gasteiger partial charge is 0.446 e. The first kappa shape index (κ1) is 14.7. The lowest BCUT2D eigenvalue weighted by Gasteiger charge is -2.17. The van der Waals surface area contributed by atoms with Gasteiger partial charge in [0.1, 0.15) is 5.75 Å². The van der Waals surface area contributed by atoms with Crippen molar-refractivity contribution in [2.24, 2.45) is 0 Å². The standard InChI is InChI=1S/C19H20BNO/c1-2-20(21-15-16-9-4-3-5-10-16)22-19-14-8-12-17-11-6-7-13-18(17)19/h3-14,21H,2,15H2,1H3. The van der Waals surface area contributed by atoms with Crippen LogP contribution in [0.5, 0.6) is 5.75 Å². The van der Waals surface area contributed by atoms with Gasteiger partial charge in [-0.1, -0.05) is 73.7 Å². The Balaban J connectivity index is 1.71. The van der Waals surface area contributed by atoms with Crippen molar-refractivity contribution >= 4 is 17.8 Å². The predicted octanol–water partition coefficient (Wildman–Crippen LogP) is 4.52. The van der Waals surface area contributed by atoms with E-state index in [1.807, 2.05) is 24.3 Å². The topological polar surface area (TPSA) is 21.3 Å². The van der Waals surface area contributed by atoms with Gasteiger partial charge in [-0.3, -0.25) is 0 Å². The van der Waals surface area contributed by atoms with Crippen molar-refractivity contribution in [3.8, 4) is 5.75 Å². The lowest BCUT2D eigenvalue weighted by molar-refractivity contribution is 0.550. The van der Waals surface area contributed by atoms with Crippen LogP contribution < -0.4 is 9.88 Å². The first-order chi connectivity index (χ1) is 10.9. The lowest BCUT2D eigenvalue weighted by atomic mass is 9.79. The van der Waals surface area contributed by atoms with Crippen LogP contribution in [-0.4, -0.2) is 7.05 Å². The molecule has 2 nitrogen and oxygen atoms in total. The van der Waals surface area contributed by atoms with E-state index in [1.165, 1.54) is 10.9 Å². The molecule has 0 aliphatic rings. The summed E-state index contributed by atoms with van der Waals surface area (Å²) in [5, 5.41) is 5.84. The van der Waals surface area contributed by atoms with Crippen molar-refractivity contribution in [3.05, 3.63) is 78.4 Å². The molecule has 3 heteroatoms. The van der Waals surface area contributed by atoms with Crippen molar-refractivity contribution in [1.82, 2.24) is 5.23 Å². The van der Waals surface area contributed by atoms with Crippen LogP contribution in [0.3, 0.4) is 0 Å². The maximum absolute atomic E-state index is 6.19. The van der Waals surface area contributed by atoms with Crippen molar-refractivity contribution in [2.45, 2.75) is 19.8 Å². The average Bonchev–Trinajstić information content (AvgIpc) is 2.59. The Morgan fingerprint density at radius 2 is 1.59 bits per heavy atom. The summed E-state index contributed by atoms with van der Waals surface area (Å²) in [6.45, 7) is 2.94. The molecule has 0 atom stereocenters. The highest BCUT2D eigenvalue weighted by atomic mass is 16.4. The molecular formula is C19H20BNO. The fourth-order valence-electron chi connectivity index (χ4n) is 2.55. The highest BCUT2D eigenvalue weighted by Gasteiger charge is 2.16. The van der Waals surface area contributed by atoms with Crippen LogP contribution >= 0.6 is 0 Å². The third kappa shape index (κ3) is 3.49. The Morgan fingerprint density at radius 1 is 0.864 bits per heavy atom. The summed E-state index contributed by atoms with van der Waals surface area (Å²) in [6.07, 6.45) is 0.913. The summed E-state index contributed by atoms with van der Waals surface area (Å²) >= 11 is 0. The second kappa shape index (κ2) is 7.14. The fourth-order valence-corrected chi connectivity index (χ4v) is 2.55. The molecule has 0 bridgehead atoms. The van der Waals surface area contributed by atoms with E-state index in [-0.39, 0.29) is 7.05 Å². The van der Waals surface area contributed by atoms with Crippen molar-refractivity contribution in [2.75, 3.05) is 0 Å². The molecule has 1 N–H and O–H groups in total. The monoisotopic (exact) mass is 289 g/mol. The molecule has 0 saturated heterocycles. The van der Waals surface area contributed by atoms with E-state index < -0.39 is 0 Å². The number of hydrogen-bond acceptors (Lipinski definition) is 2. The van der Waals surface area contributed by atoms with Crippen LogP contribution in [0.15, 0.2) is 72.8 Å². The molecule has 0 aliphatic carbocycles. The molecule has 0 aromatic heterocycles. The largest absolute Gasteiger partial charge is 0.545 e. The van der Waals surface area contributed by atoms with E-state index in [1.54, 1.807) is 0 Å². The van der Waals surface area contributed by atoms with Crippen LogP contribution in [0.4, 0.5) is 0 Å². The molecule has 0 fully saturated rings. The summed E-state index contributed by atoms with van der Waals surface area (Å²) in [4.78, 5) is 0. The second-order valence-corrected chi connectivity index (χ2v) is 5.36. The van der Waals surface area contributed by atoms with Gasteiger partial charge < -0.3 is 9.88 Å². The molecule has 0 saturated carbocycles. The molecule has 0 aliphatic heterocycles. The minimum atomic E-state index is 0.00557. The number of hydrogen-bond donors (Lipinski definition) is 1. The van der Waals surface area contributed by atoms with E-state index in [4.69, 9.17) is 4.65 Å². The average molecular weight is 289 g/mol. The van der Waals surface area contributed by atoms with Gasteiger partial charge in [0.05, 0.1) is 0 Å². The molecule has 3 aromatic carbocycles. The summed E-state index contributed by atoms with van der Waals surface area (Å²) in [7, 11) is 0.00557. The van der Waals surface area contributed by atoms with E-state index in [9.17, 15) is 0 Å². The van der Waals surface area contributed by atoms with Crippen molar-refractivity contribution in [3.63, 3.8) is 0 Å². The van der Waals surface area contributed by atoms with Crippen LogP contribution in [0.2, 0.25) is 6.32 Å². The van der Waals surface area contributed by atoms with E-state index in [2.05, 4.69) is 60.7 Å². The Hall–Kier alpha value is -2.26. The predicted molar refractivity (Wildman–Crippen MR) is 94.1 cm³/mol. The Bertz CT molecular complexity index is 724. The molecule has 3 rings (SSSR count). The first-order valence-corrected chi connectivity index (χ1v) is 7.78. The molecule has 0 radical (unpaired) electrons. The fraction of sp³-hybridized carbons (Fsp3) is 0.158. The van der Waals surface area contributed by atoms with Gasteiger partial charge in [0, 0.05) is 11.9 Å². The Labute approximate surface area is 132 Å². The SMILES string of the molecule is CCB(NCc1ccccc1)Oc1cccc2ccccc12. The van der Waals surface area contributed by atoms with Crippen LogP contribution in [0.25, 0.3) is 10.8 Å². The minimum Gasteiger partial charge on any atom is -0.545 e. The first-order valence-electron chi connectivity index (χ1n) is 7.78. The number of benzene rings is 3. The maximum atomic E-state index is 6.19. The van der Waals surface area contributed by atoms with Gasteiger partial charge in [-0.25, -0.2) is 0 Å². The Kier molecular flexibility index (Phi) is 4.76. The maximum Gasteiger partial charge on any atom is 0.446 e. The van der Waals surface area contributed by atoms with Crippen LogP contribution in [0.1, 0.15) is 12.5 Å². The summed E-state index contributed by atoms with van der Waals surface area (Å²) in [5.74, 6) is 0.936. The summed E-state index contributed by atoms with van der Waals surface area (Å²) in [6, 6.07) is 24.9. The van der Waals surface area contributed by atoms with Gasteiger partial charge in [-0.2, -0.15) is 0 Å². The number of fused-ring (bicyclic) bond motifs is 1. The molecule has 0 heterocycles. The zero-order valence-corrected chi connectivity index (χ0v) is 12.8. The van der Waals surface area contributed by atoms with E-state index in [0.717, 1.165) is 24.0 Å². The third-order valence-corrected chi connectivity index (χ3v) is 3.77. The van der Waals surface area contributed by atoms with Gasteiger partial charge in [-0.15, -0.1) is 0 Å². The quantitative estimate of drug-likeness (QED) is 0.674. The minimum absolute atomic E-state index is 0.00557. The molecule has 0 spiro atoms. The molecule has 0 unspecified atom stereocenters. The van der Waals surface area contributed by atoms with Gasteiger partial charge >= 0.3 is 7.05 Å². The van der Waals surface area contributed by atoms with E-state index in [0.29, 0.717) is 0 Å². The van der Waals surface area contributed by atoms with Crippen LogP contribution in [0, 0.1) is 0 Å². The molecule has 3 aromatic rings. The molecule has 22 heavy (non-hydrogen) atoms. The molecule has 0 amide bonds. The van der Waals surface area contributed by atoms with Crippen LogP contribution in [-0.2, 0) is 6.54 Å². The van der Waals surface area contributed by atoms with Gasteiger partial charge in [0.25, 0.3) is 0 Å². The summed E-state index contributed by atoms with van der Waals surface area (Å²) < 4.78 is 6.19. The number of rotatable bonds is 6.